The minimum Gasteiger partial charge on any atom is -0.445 e. The van der Waals surface area contributed by atoms with Crippen LogP contribution in [0.2, 0.25) is 0 Å². The molecule has 3 aromatic carbocycles. The van der Waals surface area contributed by atoms with Crippen LogP contribution in [0.25, 0.3) is 0 Å². The van der Waals surface area contributed by atoms with Crippen LogP contribution in [0.3, 0.4) is 0 Å². The summed E-state index contributed by atoms with van der Waals surface area (Å²) >= 11 is 0. The Hall–Kier alpha value is -3.83. The molecule has 5 rings (SSSR count). The first-order valence-electron chi connectivity index (χ1n) is 32.7. The normalized spacial score (nSPS) is 18.3. The summed E-state index contributed by atoms with van der Waals surface area (Å²) in [4.78, 5) is 67.3. The highest BCUT2D eigenvalue weighted by molar-refractivity contribution is 7.68. The average Bonchev–Trinajstić information content (AvgIpc) is 1.44. The number of carbonyl (C=O) groups is 3. The highest BCUT2D eigenvalue weighted by Crippen LogP contribution is 3.01. The second kappa shape index (κ2) is 41.5. The van der Waals surface area contributed by atoms with Crippen LogP contribution >= 0.6 is 16.1 Å². The van der Waals surface area contributed by atoms with Gasteiger partial charge in [0.1, 0.15) is 19.1 Å². The van der Waals surface area contributed by atoms with Gasteiger partial charge in [0.05, 0.1) is 19.3 Å². The van der Waals surface area contributed by atoms with Crippen molar-refractivity contribution in [1.29, 1.82) is 0 Å². The molecule has 484 valence electrons. The van der Waals surface area contributed by atoms with E-state index < -0.39 is 63.8 Å². The zero-order chi connectivity index (χ0) is 61.7. The van der Waals surface area contributed by atoms with Crippen molar-refractivity contribution in [3.63, 3.8) is 0 Å². The molecule has 19 heteroatoms. The molecule has 2 saturated heterocycles. The van der Waals surface area contributed by atoms with E-state index in [2.05, 4.69) is 23.8 Å². The molecule has 2 fully saturated rings. The van der Waals surface area contributed by atoms with Crippen molar-refractivity contribution in [2.75, 3.05) is 13.2 Å². The number of esters is 2. The summed E-state index contributed by atoms with van der Waals surface area (Å²) in [6.07, 6.45) is 24.0. The molecule has 0 aliphatic carbocycles. The molecule has 0 spiro atoms. The van der Waals surface area contributed by atoms with Crippen LogP contribution in [-0.2, 0) is 85.8 Å². The third-order valence-corrected chi connectivity index (χ3v) is 19.4. The van der Waals surface area contributed by atoms with Gasteiger partial charge in [0.2, 0.25) is 6.29 Å². The Labute approximate surface area is 517 Å². The standard InChI is InChI=1S/C67H106N2O15P2/c1-8-11-13-15-17-19-21-22-24-26-28-30-41-49-61(70)78-62(10-3)79-64(71)63(60(48-40-29-27-25-23-20-18-16-14-12-9-2)80-85(69(55(4)5)56(6)7)77-54-59-46-38-33-39-47-59)66(67-83-86(67,73)84-67,82-76-53-58-44-36-32-37-45-58)81-75-51-50-68-65(72)74-52-57-42-34-31-35-43-57/h31-39,42-47,55-56,60,62-63H,8-30,40-41,48-54H2,1-7H3,(H,68,72)/t60-,62?,63+,66+,67?,85?,86?/m1/s1. The second-order valence-corrected chi connectivity index (χ2v) is 26.8. The number of rotatable bonds is 52. The zero-order valence-corrected chi connectivity index (χ0v) is 54.9. The van der Waals surface area contributed by atoms with Gasteiger partial charge in [-0.15, -0.1) is 0 Å². The van der Waals surface area contributed by atoms with Crippen LogP contribution in [0.1, 0.15) is 239 Å². The number of nitrogens with zero attached hydrogens (tertiary/aromatic N) is 1. The Morgan fingerprint density at radius 3 is 1.49 bits per heavy atom. The van der Waals surface area contributed by atoms with Crippen LogP contribution in [0.5, 0.6) is 0 Å². The van der Waals surface area contributed by atoms with Crippen LogP contribution in [0.4, 0.5) is 4.79 Å². The molecule has 86 heavy (non-hydrogen) atoms. The lowest BCUT2D eigenvalue weighted by atomic mass is 9.88. The molecule has 0 aromatic heterocycles. The van der Waals surface area contributed by atoms with Gasteiger partial charge >= 0.3 is 36.9 Å². The maximum atomic E-state index is 15.9. The van der Waals surface area contributed by atoms with E-state index >= 15 is 4.79 Å². The number of ether oxygens (including phenoxy) is 3. The smallest absolute Gasteiger partial charge is 0.407 e. The summed E-state index contributed by atoms with van der Waals surface area (Å²) in [5.74, 6) is -6.02. The minimum atomic E-state index is -4.01. The van der Waals surface area contributed by atoms with E-state index in [-0.39, 0.29) is 64.3 Å². The number of unbranched alkanes of at least 4 members (excludes halogenated alkanes) is 22. The van der Waals surface area contributed by atoms with Gasteiger partial charge in [0.15, 0.2) is 0 Å². The van der Waals surface area contributed by atoms with Gasteiger partial charge in [0, 0.05) is 31.5 Å². The van der Waals surface area contributed by atoms with Crippen LogP contribution < -0.4 is 5.32 Å². The van der Waals surface area contributed by atoms with Crippen molar-refractivity contribution in [2.45, 2.75) is 277 Å². The molecule has 0 bridgehead atoms. The molecule has 2 heterocycles. The predicted octanol–water partition coefficient (Wildman–Crippen LogP) is 18.2. The number of hydrogen-bond donors (Lipinski definition) is 1. The molecular weight excluding hydrogens is 1130 g/mol. The minimum absolute atomic E-state index is 0.0344. The van der Waals surface area contributed by atoms with E-state index in [4.69, 9.17) is 51.9 Å². The largest absolute Gasteiger partial charge is 0.445 e. The van der Waals surface area contributed by atoms with Crippen molar-refractivity contribution < 1.29 is 70.8 Å². The molecule has 3 aromatic rings. The first-order chi connectivity index (χ1) is 41.8. The van der Waals surface area contributed by atoms with Crippen molar-refractivity contribution in [3.05, 3.63) is 108 Å². The third kappa shape index (κ3) is 25.6. The summed E-state index contributed by atoms with van der Waals surface area (Å²) < 4.78 is 60.1. The van der Waals surface area contributed by atoms with Gasteiger partial charge in [-0.3, -0.25) is 23.2 Å². The number of alkyl carbamates (subject to hydrolysis) is 1. The van der Waals surface area contributed by atoms with Gasteiger partial charge in [-0.05, 0) is 57.2 Å². The van der Waals surface area contributed by atoms with Crippen LogP contribution in [-0.4, -0.2) is 71.6 Å². The Morgan fingerprint density at radius 1 is 0.581 bits per heavy atom. The zero-order valence-electron chi connectivity index (χ0n) is 53.1. The molecule has 0 saturated carbocycles. The molecule has 2 unspecified atom stereocenters. The van der Waals surface area contributed by atoms with E-state index in [0.29, 0.717) is 18.4 Å². The number of amides is 1. The number of carbonyl (C=O) groups excluding carboxylic acids is 3. The van der Waals surface area contributed by atoms with Gasteiger partial charge in [-0.2, -0.15) is 9.78 Å². The number of fused-ring (bicyclic) bond motifs is 1. The first-order valence-corrected chi connectivity index (χ1v) is 35.4. The first kappa shape index (κ1) is 72.9. The summed E-state index contributed by atoms with van der Waals surface area (Å²) in [5, 5.41) is 2.65. The Bertz CT molecular complexity index is 2320. The Morgan fingerprint density at radius 2 is 1.02 bits per heavy atom. The monoisotopic (exact) mass is 1240 g/mol. The van der Waals surface area contributed by atoms with E-state index in [9.17, 15) is 14.2 Å². The molecule has 0 radical (unpaired) electrons. The topological polar surface area (TPSA) is 192 Å². The van der Waals surface area contributed by atoms with E-state index in [1.54, 1.807) is 6.92 Å². The van der Waals surface area contributed by atoms with Gasteiger partial charge < -0.3 is 28.6 Å². The highest BCUT2D eigenvalue weighted by Gasteiger charge is 3.03. The van der Waals surface area contributed by atoms with Crippen molar-refractivity contribution in [3.8, 4) is 0 Å². The van der Waals surface area contributed by atoms with Crippen LogP contribution in [0, 0.1) is 5.92 Å². The maximum absolute atomic E-state index is 15.9. The lowest BCUT2D eigenvalue weighted by Crippen LogP contribution is -2.60. The van der Waals surface area contributed by atoms with Crippen molar-refractivity contribution >= 4 is 34.2 Å². The fraction of sp³-hybridized carbons (Fsp3) is 0.687. The van der Waals surface area contributed by atoms with Gasteiger partial charge in [-0.25, -0.2) is 19.2 Å². The van der Waals surface area contributed by atoms with Gasteiger partial charge in [0.25, 0.3) is 8.53 Å². The lowest BCUT2D eigenvalue weighted by Gasteiger charge is -2.42. The number of nitrogens with one attached hydrogen (secondary N) is 1. The predicted molar refractivity (Wildman–Crippen MR) is 335 cm³/mol. The SMILES string of the molecule is CCCCCCCCCCCCCCCC(=O)OC(CC)OC(=O)[C@H]([C@@H](CCCCCCCCCCCCC)OP(OCc1ccccc1)N(C(C)C)C(C)C)[C@](OOCCNC(=O)OCc1ccccc1)(OOCc1ccccc1)C12OP1(=O)O2. The lowest BCUT2D eigenvalue weighted by molar-refractivity contribution is -0.546. The number of benzene rings is 3. The summed E-state index contributed by atoms with van der Waals surface area (Å²) in [6.45, 7) is 14.0. The fourth-order valence-corrected chi connectivity index (χ4v) is 14.2. The Kier molecular flexibility index (Phi) is 35.2. The van der Waals surface area contributed by atoms with Crippen molar-refractivity contribution in [1.82, 2.24) is 9.99 Å². The van der Waals surface area contributed by atoms with E-state index in [1.807, 2.05) is 119 Å². The van der Waals surface area contributed by atoms with Crippen molar-refractivity contribution in [2.24, 2.45) is 5.92 Å². The van der Waals surface area contributed by atoms with Gasteiger partial charge in [-0.1, -0.05) is 259 Å². The molecule has 1 N–H and O–H groups in total. The van der Waals surface area contributed by atoms with Crippen LogP contribution in [0.15, 0.2) is 91.0 Å². The van der Waals surface area contributed by atoms with E-state index in [0.717, 1.165) is 56.1 Å². The number of hydrogen-bond acceptors (Lipinski definition) is 16. The Balaban J connectivity index is 1.46. The molecule has 17 nitrogen and oxygen atoms in total. The molecule has 2 aliphatic heterocycles. The molecule has 1 amide bonds. The second-order valence-electron chi connectivity index (χ2n) is 23.4. The summed E-state index contributed by atoms with van der Waals surface area (Å²) in [6, 6.07) is 27.9. The highest BCUT2D eigenvalue weighted by atomic mass is 31.2. The fourth-order valence-electron chi connectivity index (χ4n) is 10.6. The third-order valence-electron chi connectivity index (χ3n) is 15.4. The maximum Gasteiger partial charge on any atom is 0.407 e. The van der Waals surface area contributed by atoms with E-state index in [1.165, 1.54) is 96.3 Å². The molecule has 2 aliphatic rings. The molecular formula is C67H106N2O15P2. The summed E-state index contributed by atoms with van der Waals surface area (Å²) in [5.41, 5.74) is 0.150. The quantitative estimate of drug-likeness (QED) is 0.0107. The summed E-state index contributed by atoms with van der Waals surface area (Å²) in [7, 11) is -6.05. The average molecular weight is 1240 g/mol. The molecule has 5 atom stereocenters.